The standard InChI is InChI=1S/C19H17F3N2O2.C12H17N.C4H9NO2.2C2H6/c20-19(21,22)26-13-6-7-14-15(10-13)24(11-18(14)8-9-18)17(25)16(23)12-4-2-1-3-5-12;1-4-9(2)11-6-5-7-12(8-11)10(3)13;1-4(2,7)3(5)6;2*1-2/h1-7,10,16H,8-9,11,23H2;5-9,13H,4H2,1-3H3;7H,1-2H3,(H2,5,6);2*1-2H3. The third-order valence-corrected chi connectivity index (χ3v) is 8.17. The summed E-state index contributed by atoms with van der Waals surface area (Å²) in [6, 6.07) is 20.6. The molecular formula is C39H55F3N4O4. The van der Waals surface area contributed by atoms with Crippen LogP contribution in [0.4, 0.5) is 18.9 Å². The maximum Gasteiger partial charge on any atom is 0.573 e. The lowest BCUT2D eigenvalue weighted by atomic mass is 9.96. The summed E-state index contributed by atoms with van der Waals surface area (Å²) in [7, 11) is 0. The van der Waals surface area contributed by atoms with Crippen LogP contribution in [0.25, 0.3) is 0 Å². The number of primary amides is 1. The number of benzene rings is 3. The minimum absolute atomic E-state index is 0.155. The largest absolute Gasteiger partial charge is 0.573 e. The zero-order valence-corrected chi connectivity index (χ0v) is 30.8. The Morgan fingerprint density at radius 3 is 1.96 bits per heavy atom. The number of halogens is 3. The Morgan fingerprint density at radius 1 is 0.960 bits per heavy atom. The Morgan fingerprint density at radius 2 is 1.50 bits per heavy atom. The maximum absolute atomic E-state index is 13.0. The van der Waals surface area contributed by atoms with Gasteiger partial charge in [-0.3, -0.25) is 9.59 Å². The number of ether oxygens (including phenoxy) is 1. The summed E-state index contributed by atoms with van der Waals surface area (Å²) in [6.45, 7) is 17.4. The quantitative estimate of drug-likeness (QED) is 0.183. The molecule has 50 heavy (non-hydrogen) atoms. The SMILES string of the molecule is CC.CC.CC(C)(O)C(N)=O.CCC(C)c1cccc(C(C)=N)c1.NC(C(=O)N1CC2(CC2)c2ccc(OC(F)(F)F)cc21)c1ccccc1. The minimum atomic E-state index is -4.78. The molecule has 0 saturated heterocycles. The number of hydrogen-bond acceptors (Lipinski definition) is 6. The third-order valence-electron chi connectivity index (χ3n) is 8.17. The van der Waals surface area contributed by atoms with Crippen molar-refractivity contribution in [1.82, 2.24) is 0 Å². The number of carbonyl (C=O) groups is 2. The molecule has 2 amide bonds. The molecule has 0 bridgehead atoms. The van der Waals surface area contributed by atoms with Crippen molar-refractivity contribution < 1.29 is 32.6 Å². The van der Waals surface area contributed by atoms with Crippen molar-refractivity contribution in [3.8, 4) is 5.75 Å². The molecule has 1 saturated carbocycles. The van der Waals surface area contributed by atoms with Crippen molar-refractivity contribution in [2.45, 2.75) is 111 Å². The lowest BCUT2D eigenvalue weighted by Gasteiger charge is -2.22. The molecule has 2 aliphatic rings. The van der Waals surface area contributed by atoms with Crippen LogP contribution in [0.15, 0.2) is 72.8 Å². The Balaban J connectivity index is 0.000000435. The lowest BCUT2D eigenvalue weighted by molar-refractivity contribution is -0.274. The van der Waals surface area contributed by atoms with Crippen LogP contribution < -0.4 is 21.1 Å². The molecule has 3 aromatic carbocycles. The number of nitrogens with one attached hydrogen (secondary N) is 1. The molecule has 1 fully saturated rings. The first kappa shape index (κ1) is 43.8. The van der Waals surface area contributed by atoms with Gasteiger partial charge in [0.2, 0.25) is 11.8 Å². The second kappa shape index (κ2) is 19.2. The number of alkyl halides is 3. The van der Waals surface area contributed by atoms with Gasteiger partial charge >= 0.3 is 6.36 Å². The Hall–Kier alpha value is -4.22. The van der Waals surface area contributed by atoms with Crippen molar-refractivity contribution in [2.24, 2.45) is 11.5 Å². The van der Waals surface area contributed by atoms with Gasteiger partial charge in [-0.05, 0) is 80.3 Å². The van der Waals surface area contributed by atoms with Crippen LogP contribution in [0, 0.1) is 5.41 Å². The van der Waals surface area contributed by atoms with Gasteiger partial charge in [0.15, 0.2) is 0 Å². The van der Waals surface area contributed by atoms with Gasteiger partial charge in [0, 0.05) is 23.7 Å². The molecule has 2 unspecified atom stereocenters. The van der Waals surface area contributed by atoms with E-state index in [1.54, 1.807) is 30.3 Å². The first-order chi connectivity index (χ1) is 23.4. The molecule has 8 nitrogen and oxygen atoms in total. The van der Waals surface area contributed by atoms with E-state index >= 15 is 0 Å². The topological polar surface area (TPSA) is 143 Å². The number of hydrogen-bond donors (Lipinski definition) is 4. The van der Waals surface area contributed by atoms with E-state index in [1.807, 2.05) is 52.8 Å². The smallest absolute Gasteiger partial charge is 0.406 e. The summed E-state index contributed by atoms with van der Waals surface area (Å²) >= 11 is 0. The Labute approximate surface area is 295 Å². The summed E-state index contributed by atoms with van der Waals surface area (Å²) in [5.41, 5.74) is 14.3. The second-order valence-corrected chi connectivity index (χ2v) is 12.3. The predicted octanol–water partition coefficient (Wildman–Crippen LogP) is 8.55. The number of nitrogens with zero attached hydrogens (tertiary/aromatic N) is 1. The lowest BCUT2D eigenvalue weighted by Crippen LogP contribution is -2.38. The van der Waals surface area contributed by atoms with Crippen LogP contribution in [0.1, 0.15) is 116 Å². The minimum Gasteiger partial charge on any atom is -0.406 e. The Kier molecular flexibility index (Phi) is 16.9. The number of anilines is 1. The average molecular weight is 701 g/mol. The summed E-state index contributed by atoms with van der Waals surface area (Å²) < 4.78 is 41.6. The second-order valence-electron chi connectivity index (χ2n) is 12.3. The summed E-state index contributed by atoms with van der Waals surface area (Å²) in [5, 5.41) is 16.2. The fourth-order valence-corrected chi connectivity index (χ4v) is 4.91. The first-order valence-corrected chi connectivity index (χ1v) is 17.1. The first-order valence-electron chi connectivity index (χ1n) is 17.1. The molecule has 6 N–H and O–H groups in total. The van der Waals surface area contributed by atoms with Gasteiger partial charge in [0.25, 0.3) is 0 Å². The monoisotopic (exact) mass is 700 g/mol. The number of nitrogens with two attached hydrogens (primary N) is 2. The van der Waals surface area contributed by atoms with E-state index in [0.717, 1.165) is 30.4 Å². The molecule has 11 heteroatoms. The molecule has 0 radical (unpaired) electrons. The van der Waals surface area contributed by atoms with E-state index in [4.69, 9.17) is 16.2 Å². The normalized spacial score (nSPS) is 14.7. The highest BCUT2D eigenvalue weighted by Gasteiger charge is 2.53. The molecule has 276 valence electrons. The average Bonchev–Trinajstić information content (AvgIpc) is 3.81. The molecule has 1 aliphatic heterocycles. The molecule has 5 rings (SSSR count). The van der Waals surface area contributed by atoms with Gasteiger partial charge in [-0.1, -0.05) is 96.1 Å². The zero-order valence-electron chi connectivity index (χ0n) is 30.8. The number of fused-ring (bicyclic) bond motifs is 2. The van der Waals surface area contributed by atoms with Crippen LogP contribution in [-0.2, 0) is 15.0 Å². The van der Waals surface area contributed by atoms with E-state index in [-0.39, 0.29) is 17.1 Å². The molecule has 0 aromatic heterocycles. The number of rotatable bonds is 7. The van der Waals surface area contributed by atoms with Crippen molar-refractivity contribution in [3.05, 3.63) is 95.1 Å². The highest BCUT2D eigenvalue weighted by Crippen LogP contribution is 2.57. The summed E-state index contributed by atoms with van der Waals surface area (Å²) in [5.74, 6) is -0.766. The van der Waals surface area contributed by atoms with Crippen LogP contribution in [0.5, 0.6) is 5.75 Å². The predicted molar refractivity (Wildman–Crippen MR) is 196 cm³/mol. The summed E-state index contributed by atoms with van der Waals surface area (Å²) in [4.78, 5) is 24.5. The van der Waals surface area contributed by atoms with Crippen molar-refractivity contribution in [2.75, 3.05) is 11.4 Å². The van der Waals surface area contributed by atoms with E-state index in [0.29, 0.717) is 29.4 Å². The number of amides is 2. The highest BCUT2D eigenvalue weighted by molar-refractivity contribution is 6.00. The van der Waals surface area contributed by atoms with Crippen molar-refractivity contribution in [1.29, 1.82) is 5.41 Å². The van der Waals surface area contributed by atoms with E-state index in [1.165, 1.54) is 36.4 Å². The third kappa shape index (κ3) is 12.6. The molecule has 1 heterocycles. The van der Waals surface area contributed by atoms with Crippen molar-refractivity contribution >= 4 is 23.2 Å². The van der Waals surface area contributed by atoms with E-state index < -0.39 is 23.9 Å². The molecule has 1 aliphatic carbocycles. The highest BCUT2D eigenvalue weighted by atomic mass is 19.4. The fourth-order valence-electron chi connectivity index (χ4n) is 4.91. The number of aliphatic hydroxyl groups is 1. The molecule has 2 atom stereocenters. The van der Waals surface area contributed by atoms with Gasteiger partial charge in [0.05, 0.1) is 5.69 Å². The van der Waals surface area contributed by atoms with Gasteiger partial charge in [-0.2, -0.15) is 0 Å². The summed E-state index contributed by atoms with van der Waals surface area (Å²) in [6.07, 6.45) is -1.81. The van der Waals surface area contributed by atoms with Crippen molar-refractivity contribution in [3.63, 3.8) is 0 Å². The van der Waals surface area contributed by atoms with Crippen LogP contribution in [-0.4, -0.2) is 41.1 Å². The molecular weight excluding hydrogens is 645 g/mol. The van der Waals surface area contributed by atoms with Crippen LogP contribution >= 0.6 is 0 Å². The van der Waals surface area contributed by atoms with Gasteiger partial charge in [0.1, 0.15) is 17.4 Å². The van der Waals surface area contributed by atoms with Gasteiger partial charge in [-0.25, -0.2) is 0 Å². The Bertz CT molecular complexity index is 1530. The van der Waals surface area contributed by atoms with Crippen LogP contribution in [0.3, 0.4) is 0 Å². The fraction of sp³-hybridized carbons (Fsp3) is 0.462. The molecule has 1 spiro atoms. The number of carbonyl (C=O) groups excluding carboxylic acids is 2. The zero-order chi connectivity index (χ0) is 38.4. The molecule has 3 aromatic rings. The van der Waals surface area contributed by atoms with Gasteiger partial charge in [-0.15, -0.1) is 13.2 Å². The van der Waals surface area contributed by atoms with Crippen LogP contribution in [0.2, 0.25) is 0 Å². The van der Waals surface area contributed by atoms with E-state index in [9.17, 15) is 22.8 Å². The maximum atomic E-state index is 13.0. The van der Waals surface area contributed by atoms with Gasteiger partial charge < -0.3 is 31.6 Å². The van der Waals surface area contributed by atoms with E-state index in [2.05, 4.69) is 36.5 Å².